The summed E-state index contributed by atoms with van der Waals surface area (Å²) in [6, 6.07) is 4.27. The Kier molecular flexibility index (Phi) is 2.35. The van der Waals surface area contributed by atoms with Crippen molar-refractivity contribution in [3.63, 3.8) is 0 Å². The Hall–Kier alpha value is -1.13. The highest BCUT2D eigenvalue weighted by Crippen LogP contribution is 2.42. The monoisotopic (exact) mass is 260 g/mol. The summed E-state index contributed by atoms with van der Waals surface area (Å²) in [7, 11) is 0. The van der Waals surface area contributed by atoms with Gasteiger partial charge in [0.1, 0.15) is 0 Å². The van der Waals surface area contributed by atoms with Crippen LogP contribution in [-0.4, -0.2) is 31.3 Å². The summed E-state index contributed by atoms with van der Waals surface area (Å²) in [5.41, 5.74) is 2.91. The van der Waals surface area contributed by atoms with Crippen molar-refractivity contribution >= 4 is 27.2 Å². The average Bonchev–Trinajstić information content (AvgIpc) is 3.11. The standard InChI is InChI=1S/C14H16N2OS/c1-5-15-11-2-8-18-13(11)12(1)16-6-3-14(9-16)4-7-17-10-14/h1-2,5,8H,3-4,6-7,9-10H2/t14-/m0/s1. The third kappa shape index (κ3) is 1.56. The molecule has 1 spiro atoms. The Morgan fingerprint density at radius 2 is 2.33 bits per heavy atom. The van der Waals surface area contributed by atoms with E-state index >= 15 is 0 Å². The van der Waals surface area contributed by atoms with Crippen LogP contribution in [-0.2, 0) is 4.74 Å². The maximum atomic E-state index is 5.60. The Balaban J connectivity index is 1.70. The number of ether oxygens (including phenoxy) is 1. The molecule has 0 amide bonds. The van der Waals surface area contributed by atoms with E-state index in [4.69, 9.17) is 4.74 Å². The van der Waals surface area contributed by atoms with E-state index in [2.05, 4.69) is 27.4 Å². The van der Waals surface area contributed by atoms with E-state index in [9.17, 15) is 0 Å². The minimum absolute atomic E-state index is 0.423. The first-order valence-corrected chi connectivity index (χ1v) is 7.39. The number of anilines is 1. The van der Waals surface area contributed by atoms with Crippen LogP contribution in [0.1, 0.15) is 12.8 Å². The fourth-order valence-electron chi connectivity index (χ4n) is 3.22. The van der Waals surface area contributed by atoms with Crippen molar-refractivity contribution in [3.8, 4) is 0 Å². The van der Waals surface area contributed by atoms with Crippen LogP contribution in [0.2, 0.25) is 0 Å². The molecule has 0 bridgehead atoms. The van der Waals surface area contributed by atoms with Crippen LogP contribution in [0, 0.1) is 5.41 Å². The van der Waals surface area contributed by atoms with Gasteiger partial charge in [-0.05, 0) is 30.4 Å². The number of rotatable bonds is 1. The third-order valence-electron chi connectivity index (χ3n) is 4.29. The third-order valence-corrected chi connectivity index (χ3v) is 5.21. The lowest BCUT2D eigenvalue weighted by Crippen LogP contribution is -2.27. The number of nitrogens with zero attached hydrogens (tertiary/aromatic N) is 2. The number of thiophene rings is 1. The van der Waals surface area contributed by atoms with Crippen molar-refractivity contribution in [2.45, 2.75) is 12.8 Å². The normalized spacial score (nSPS) is 27.7. The van der Waals surface area contributed by atoms with E-state index in [1.807, 2.05) is 6.20 Å². The van der Waals surface area contributed by atoms with Gasteiger partial charge in [-0.15, -0.1) is 11.3 Å². The van der Waals surface area contributed by atoms with Gasteiger partial charge in [-0.25, -0.2) is 0 Å². The highest BCUT2D eigenvalue weighted by atomic mass is 32.1. The lowest BCUT2D eigenvalue weighted by molar-refractivity contribution is 0.160. The van der Waals surface area contributed by atoms with Gasteiger partial charge in [-0.3, -0.25) is 4.98 Å². The van der Waals surface area contributed by atoms with Crippen LogP contribution in [0.5, 0.6) is 0 Å². The molecule has 0 saturated carbocycles. The van der Waals surface area contributed by atoms with E-state index < -0.39 is 0 Å². The minimum atomic E-state index is 0.423. The Bertz CT molecular complexity index is 574. The van der Waals surface area contributed by atoms with Crippen LogP contribution in [0.4, 0.5) is 5.69 Å². The molecule has 2 fully saturated rings. The first-order valence-electron chi connectivity index (χ1n) is 6.51. The summed E-state index contributed by atoms with van der Waals surface area (Å²) in [6.45, 7) is 4.19. The van der Waals surface area contributed by atoms with Gasteiger partial charge < -0.3 is 9.64 Å². The first-order chi connectivity index (χ1) is 8.86. The number of aromatic nitrogens is 1. The first kappa shape index (κ1) is 10.8. The molecule has 2 aliphatic heterocycles. The molecule has 0 aliphatic carbocycles. The summed E-state index contributed by atoms with van der Waals surface area (Å²) in [5, 5.41) is 2.13. The summed E-state index contributed by atoms with van der Waals surface area (Å²) in [5.74, 6) is 0. The van der Waals surface area contributed by atoms with E-state index in [0.717, 1.165) is 31.8 Å². The summed E-state index contributed by atoms with van der Waals surface area (Å²) < 4.78 is 6.93. The summed E-state index contributed by atoms with van der Waals surface area (Å²) in [4.78, 5) is 6.94. The molecule has 0 unspecified atom stereocenters. The van der Waals surface area contributed by atoms with Crippen molar-refractivity contribution in [3.05, 3.63) is 23.7 Å². The quantitative estimate of drug-likeness (QED) is 0.788. The lowest BCUT2D eigenvalue weighted by Gasteiger charge is -2.23. The molecule has 0 N–H and O–H groups in total. The number of fused-ring (bicyclic) bond motifs is 1. The Morgan fingerprint density at radius 3 is 3.22 bits per heavy atom. The smallest absolute Gasteiger partial charge is 0.0830 e. The van der Waals surface area contributed by atoms with Crippen LogP contribution in [0.15, 0.2) is 23.7 Å². The summed E-state index contributed by atoms with van der Waals surface area (Å²) in [6.07, 6.45) is 4.42. The molecule has 2 aromatic rings. The lowest BCUT2D eigenvalue weighted by atomic mass is 9.87. The molecule has 2 aromatic heterocycles. The van der Waals surface area contributed by atoms with Gasteiger partial charge in [0, 0.05) is 31.3 Å². The van der Waals surface area contributed by atoms with Crippen LogP contribution in [0.3, 0.4) is 0 Å². The zero-order valence-corrected chi connectivity index (χ0v) is 11.1. The van der Waals surface area contributed by atoms with E-state index in [1.54, 1.807) is 11.3 Å². The van der Waals surface area contributed by atoms with Crippen molar-refractivity contribution in [2.75, 3.05) is 31.2 Å². The SMILES string of the molecule is c1cc(N2CC[C@]3(CCOC3)C2)c2sccc2n1. The molecule has 0 aromatic carbocycles. The predicted octanol–water partition coefficient (Wildman–Crippen LogP) is 2.91. The maximum Gasteiger partial charge on any atom is 0.0830 e. The maximum absolute atomic E-state index is 5.60. The predicted molar refractivity (Wildman–Crippen MR) is 74.3 cm³/mol. The summed E-state index contributed by atoms with van der Waals surface area (Å²) >= 11 is 1.80. The molecule has 3 nitrogen and oxygen atoms in total. The molecule has 94 valence electrons. The van der Waals surface area contributed by atoms with E-state index in [-0.39, 0.29) is 0 Å². The van der Waals surface area contributed by atoms with Crippen molar-refractivity contribution in [1.82, 2.24) is 4.98 Å². The molecular formula is C14H16N2OS. The van der Waals surface area contributed by atoms with Gasteiger partial charge in [0.25, 0.3) is 0 Å². The van der Waals surface area contributed by atoms with Gasteiger partial charge in [0.05, 0.1) is 22.5 Å². The van der Waals surface area contributed by atoms with Gasteiger partial charge in [0.2, 0.25) is 0 Å². The fourth-order valence-corrected chi connectivity index (χ4v) is 4.11. The molecule has 4 heterocycles. The molecule has 2 saturated heterocycles. The second-order valence-corrected chi connectivity index (χ2v) is 6.36. The van der Waals surface area contributed by atoms with Crippen LogP contribution >= 0.6 is 11.3 Å². The average molecular weight is 260 g/mol. The van der Waals surface area contributed by atoms with E-state index in [0.29, 0.717) is 5.41 Å². The van der Waals surface area contributed by atoms with Gasteiger partial charge in [-0.1, -0.05) is 0 Å². The highest BCUT2D eigenvalue weighted by Gasteiger charge is 2.41. The van der Waals surface area contributed by atoms with Gasteiger partial charge in [-0.2, -0.15) is 0 Å². The second-order valence-electron chi connectivity index (χ2n) is 5.44. The Morgan fingerprint density at radius 1 is 1.33 bits per heavy atom. The number of hydrogen-bond acceptors (Lipinski definition) is 4. The molecular weight excluding hydrogens is 244 g/mol. The van der Waals surface area contributed by atoms with Crippen molar-refractivity contribution < 1.29 is 4.74 Å². The van der Waals surface area contributed by atoms with Gasteiger partial charge >= 0.3 is 0 Å². The zero-order chi connectivity index (χ0) is 12.0. The fraction of sp³-hybridized carbons (Fsp3) is 0.500. The molecule has 2 aliphatic rings. The van der Waals surface area contributed by atoms with Gasteiger partial charge in [0.15, 0.2) is 0 Å². The molecule has 18 heavy (non-hydrogen) atoms. The molecule has 0 radical (unpaired) electrons. The minimum Gasteiger partial charge on any atom is -0.381 e. The second kappa shape index (κ2) is 3.93. The van der Waals surface area contributed by atoms with Crippen LogP contribution < -0.4 is 4.90 Å². The highest BCUT2D eigenvalue weighted by molar-refractivity contribution is 7.17. The van der Waals surface area contributed by atoms with Crippen LogP contribution in [0.25, 0.3) is 10.2 Å². The van der Waals surface area contributed by atoms with Crippen molar-refractivity contribution in [2.24, 2.45) is 5.41 Å². The number of pyridine rings is 1. The van der Waals surface area contributed by atoms with Crippen molar-refractivity contribution in [1.29, 1.82) is 0 Å². The largest absolute Gasteiger partial charge is 0.381 e. The topological polar surface area (TPSA) is 25.4 Å². The molecule has 1 atom stereocenters. The Labute approximate surface area is 110 Å². The molecule has 4 rings (SSSR count). The number of hydrogen-bond donors (Lipinski definition) is 0. The zero-order valence-electron chi connectivity index (χ0n) is 10.3. The van der Waals surface area contributed by atoms with E-state index in [1.165, 1.54) is 23.2 Å². The molecule has 4 heteroatoms.